The van der Waals surface area contributed by atoms with Crippen molar-refractivity contribution in [3.05, 3.63) is 95.0 Å². The maximum atomic E-state index is 12.0. The second-order valence-corrected chi connectivity index (χ2v) is 9.10. The zero-order chi connectivity index (χ0) is 27.0. The Hall–Kier alpha value is -3.59. The van der Waals surface area contributed by atoms with Gasteiger partial charge in [-0.05, 0) is 53.9 Å². The topological polar surface area (TPSA) is 109 Å². The minimum atomic E-state index is -0.681. The van der Waals surface area contributed by atoms with Crippen LogP contribution in [0.3, 0.4) is 0 Å². The average molecular weight is 540 g/mol. The summed E-state index contributed by atoms with van der Waals surface area (Å²) >= 11 is 5.83. The molecule has 38 heavy (non-hydrogen) atoms. The quantitative estimate of drug-likeness (QED) is 0.208. The SMILES string of the molecule is O=C(COc1ccc(Cl)cc1)NCCc1ccc(OCC(O)CNCCNC(=O)Cc2ccccc2)cc1. The predicted molar refractivity (Wildman–Crippen MR) is 148 cm³/mol. The number of nitrogens with one attached hydrogen (secondary N) is 3. The first-order chi connectivity index (χ1) is 18.5. The molecular weight excluding hydrogens is 506 g/mol. The first-order valence-electron chi connectivity index (χ1n) is 12.5. The van der Waals surface area contributed by atoms with E-state index in [2.05, 4.69) is 16.0 Å². The van der Waals surface area contributed by atoms with Gasteiger partial charge in [0.05, 0.1) is 6.42 Å². The van der Waals surface area contributed by atoms with E-state index in [-0.39, 0.29) is 25.0 Å². The van der Waals surface area contributed by atoms with Crippen LogP contribution in [0.5, 0.6) is 11.5 Å². The minimum Gasteiger partial charge on any atom is -0.491 e. The van der Waals surface area contributed by atoms with Gasteiger partial charge in [-0.2, -0.15) is 0 Å². The fourth-order valence-electron chi connectivity index (χ4n) is 3.48. The van der Waals surface area contributed by atoms with Crippen molar-refractivity contribution in [2.24, 2.45) is 0 Å². The zero-order valence-corrected chi connectivity index (χ0v) is 22.0. The number of amides is 2. The highest BCUT2D eigenvalue weighted by molar-refractivity contribution is 6.30. The number of ether oxygens (including phenoxy) is 2. The van der Waals surface area contributed by atoms with Crippen molar-refractivity contribution in [3.8, 4) is 11.5 Å². The van der Waals surface area contributed by atoms with E-state index in [1.807, 2.05) is 54.6 Å². The average Bonchev–Trinajstić information content (AvgIpc) is 2.92. The second kappa shape index (κ2) is 16.3. The molecule has 3 aromatic carbocycles. The highest BCUT2D eigenvalue weighted by Crippen LogP contribution is 2.15. The Labute approximate surface area is 228 Å². The lowest BCUT2D eigenvalue weighted by Gasteiger charge is -2.14. The van der Waals surface area contributed by atoms with Crippen LogP contribution in [0, 0.1) is 0 Å². The number of carbonyl (C=O) groups is 2. The molecule has 8 nitrogen and oxygen atoms in total. The third-order valence-electron chi connectivity index (χ3n) is 5.50. The Balaban J connectivity index is 1.21. The van der Waals surface area contributed by atoms with Crippen LogP contribution in [0.15, 0.2) is 78.9 Å². The van der Waals surface area contributed by atoms with Crippen molar-refractivity contribution in [1.29, 1.82) is 0 Å². The highest BCUT2D eigenvalue weighted by atomic mass is 35.5. The van der Waals surface area contributed by atoms with Gasteiger partial charge in [0.2, 0.25) is 5.91 Å². The molecule has 0 fully saturated rings. The molecule has 4 N–H and O–H groups in total. The van der Waals surface area contributed by atoms with Gasteiger partial charge in [-0.1, -0.05) is 54.1 Å². The van der Waals surface area contributed by atoms with Crippen LogP contribution in [-0.2, 0) is 22.4 Å². The molecule has 202 valence electrons. The molecule has 0 radical (unpaired) electrons. The summed E-state index contributed by atoms with van der Waals surface area (Å²) in [7, 11) is 0. The molecule has 1 atom stereocenters. The van der Waals surface area contributed by atoms with Crippen LogP contribution >= 0.6 is 11.6 Å². The lowest BCUT2D eigenvalue weighted by atomic mass is 10.1. The van der Waals surface area contributed by atoms with Crippen molar-refractivity contribution in [2.75, 3.05) is 39.4 Å². The Morgan fingerprint density at radius 2 is 1.42 bits per heavy atom. The molecule has 0 aliphatic rings. The van der Waals surface area contributed by atoms with Crippen LogP contribution in [0.4, 0.5) is 0 Å². The third-order valence-corrected chi connectivity index (χ3v) is 5.75. The first kappa shape index (κ1) is 29.0. The first-order valence-corrected chi connectivity index (χ1v) is 12.9. The Bertz CT molecular complexity index is 1110. The molecule has 0 bridgehead atoms. The van der Waals surface area contributed by atoms with E-state index < -0.39 is 6.10 Å². The molecule has 0 aliphatic carbocycles. The van der Waals surface area contributed by atoms with Gasteiger partial charge in [-0.25, -0.2) is 0 Å². The monoisotopic (exact) mass is 539 g/mol. The Morgan fingerprint density at radius 3 is 2.16 bits per heavy atom. The van der Waals surface area contributed by atoms with Crippen LogP contribution in [0.25, 0.3) is 0 Å². The van der Waals surface area contributed by atoms with Gasteiger partial charge in [-0.15, -0.1) is 0 Å². The number of carbonyl (C=O) groups excluding carboxylic acids is 2. The fourth-order valence-corrected chi connectivity index (χ4v) is 3.61. The molecule has 2 amide bonds. The van der Waals surface area contributed by atoms with Crippen molar-refractivity contribution in [1.82, 2.24) is 16.0 Å². The van der Waals surface area contributed by atoms with Gasteiger partial charge < -0.3 is 30.5 Å². The van der Waals surface area contributed by atoms with Gasteiger partial charge in [0.25, 0.3) is 5.91 Å². The van der Waals surface area contributed by atoms with E-state index in [9.17, 15) is 14.7 Å². The van der Waals surface area contributed by atoms with E-state index >= 15 is 0 Å². The maximum absolute atomic E-state index is 12.0. The highest BCUT2D eigenvalue weighted by Gasteiger charge is 2.07. The molecule has 0 aromatic heterocycles. The Morgan fingerprint density at radius 1 is 0.763 bits per heavy atom. The number of hydrogen-bond acceptors (Lipinski definition) is 6. The van der Waals surface area contributed by atoms with Crippen LogP contribution in [0.2, 0.25) is 5.02 Å². The van der Waals surface area contributed by atoms with Crippen LogP contribution in [0.1, 0.15) is 11.1 Å². The maximum Gasteiger partial charge on any atom is 0.257 e. The van der Waals surface area contributed by atoms with Gasteiger partial charge in [-0.3, -0.25) is 9.59 Å². The van der Waals surface area contributed by atoms with E-state index in [1.54, 1.807) is 24.3 Å². The summed E-state index contributed by atoms with van der Waals surface area (Å²) in [6.07, 6.45) is 0.340. The van der Waals surface area contributed by atoms with Crippen molar-refractivity contribution >= 4 is 23.4 Å². The lowest BCUT2D eigenvalue weighted by Crippen LogP contribution is -2.37. The van der Waals surface area contributed by atoms with E-state index in [0.29, 0.717) is 55.5 Å². The fraction of sp³-hybridized carbons (Fsp3) is 0.310. The van der Waals surface area contributed by atoms with Crippen molar-refractivity contribution in [3.63, 3.8) is 0 Å². The molecular formula is C29H34ClN3O5. The molecule has 3 rings (SSSR count). The number of benzene rings is 3. The number of aliphatic hydroxyl groups is 1. The third kappa shape index (κ3) is 11.6. The summed E-state index contributed by atoms with van der Waals surface area (Å²) in [6.45, 7) is 1.96. The molecule has 0 aliphatic heterocycles. The normalized spacial score (nSPS) is 11.4. The molecule has 0 spiro atoms. The predicted octanol–water partition coefficient (Wildman–Crippen LogP) is 2.77. The van der Waals surface area contributed by atoms with Gasteiger partial charge >= 0.3 is 0 Å². The van der Waals surface area contributed by atoms with E-state index in [0.717, 1.165) is 11.1 Å². The largest absolute Gasteiger partial charge is 0.491 e. The Kier molecular flexibility index (Phi) is 12.4. The summed E-state index contributed by atoms with van der Waals surface area (Å²) < 4.78 is 11.1. The van der Waals surface area contributed by atoms with E-state index in [4.69, 9.17) is 21.1 Å². The zero-order valence-electron chi connectivity index (χ0n) is 21.2. The standard InChI is InChI=1S/C29H34ClN3O5/c30-24-8-12-27(13-9-24)38-21-29(36)32-15-14-22-6-10-26(11-7-22)37-20-25(34)19-31-16-17-33-28(35)18-23-4-2-1-3-5-23/h1-13,25,31,34H,14-21H2,(H,32,36)(H,33,35). The minimum absolute atomic E-state index is 0.0316. The van der Waals surface area contributed by atoms with Gasteiger partial charge in [0, 0.05) is 31.2 Å². The summed E-state index contributed by atoms with van der Waals surface area (Å²) in [5.74, 6) is 1.01. The molecule has 1 unspecified atom stereocenters. The van der Waals surface area contributed by atoms with Crippen LogP contribution < -0.4 is 25.4 Å². The molecule has 0 heterocycles. The summed E-state index contributed by atoms with van der Waals surface area (Å²) in [5, 5.41) is 19.5. The lowest BCUT2D eigenvalue weighted by molar-refractivity contribution is -0.123. The molecule has 9 heteroatoms. The summed E-state index contributed by atoms with van der Waals surface area (Å²) in [5.41, 5.74) is 2.02. The number of rotatable bonds is 16. The van der Waals surface area contributed by atoms with Gasteiger partial charge in [0.1, 0.15) is 24.2 Å². The number of aliphatic hydroxyl groups excluding tert-OH is 1. The van der Waals surface area contributed by atoms with Gasteiger partial charge in [0.15, 0.2) is 6.61 Å². The molecule has 0 saturated heterocycles. The summed E-state index contributed by atoms with van der Waals surface area (Å²) in [6, 6.07) is 23.9. The second-order valence-electron chi connectivity index (χ2n) is 8.67. The molecule has 3 aromatic rings. The smallest absolute Gasteiger partial charge is 0.257 e. The number of hydrogen-bond donors (Lipinski definition) is 4. The van der Waals surface area contributed by atoms with E-state index in [1.165, 1.54) is 0 Å². The molecule has 0 saturated carbocycles. The van der Waals surface area contributed by atoms with Crippen molar-refractivity contribution < 1.29 is 24.2 Å². The summed E-state index contributed by atoms with van der Waals surface area (Å²) in [4.78, 5) is 23.9. The van der Waals surface area contributed by atoms with Crippen LogP contribution in [-0.4, -0.2) is 62.4 Å². The van der Waals surface area contributed by atoms with Crippen molar-refractivity contribution in [2.45, 2.75) is 18.9 Å². The number of halogens is 1.